The molecule has 1 heterocycles. The molecule has 1 unspecified atom stereocenters. The molecule has 1 saturated heterocycles. The van der Waals surface area contributed by atoms with Crippen molar-refractivity contribution in [2.45, 2.75) is 51.0 Å². The highest BCUT2D eigenvalue weighted by Gasteiger charge is 2.46. The van der Waals surface area contributed by atoms with Crippen molar-refractivity contribution in [1.29, 1.82) is 0 Å². The number of piperidine rings is 1. The van der Waals surface area contributed by atoms with E-state index in [1.54, 1.807) is 0 Å². The summed E-state index contributed by atoms with van der Waals surface area (Å²) in [6.07, 6.45) is 4.90. The molecular formula is C13H21NO4. The quantitative estimate of drug-likeness (QED) is 0.717. The second-order valence-electron chi connectivity index (χ2n) is 6.09. The Morgan fingerprint density at radius 1 is 1.22 bits per heavy atom. The van der Waals surface area contributed by atoms with Gasteiger partial charge in [0.15, 0.2) is 0 Å². The van der Waals surface area contributed by atoms with Crippen molar-refractivity contribution in [2.24, 2.45) is 5.41 Å². The number of amides is 2. The summed E-state index contributed by atoms with van der Waals surface area (Å²) >= 11 is 0. The number of aliphatic hydroxyl groups excluding tert-OH is 1. The maximum Gasteiger partial charge on any atom is 0.229 e. The molecule has 0 aromatic carbocycles. The Morgan fingerprint density at radius 2 is 1.72 bits per heavy atom. The van der Waals surface area contributed by atoms with Gasteiger partial charge in [-0.1, -0.05) is 12.8 Å². The molecule has 1 atom stereocenters. The molecule has 1 spiro atoms. The van der Waals surface area contributed by atoms with Crippen molar-refractivity contribution < 1.29 is 19.8 Å². The lowest BCUT2D eigenvalue weighted by atomic mass is 9.76. The van der Waals surface area contributed by atoms with Crippen LogP contribution in [0.3, 0.4) is 0 Å². The van der Waals surface area contributed by atoms with Crippen molar-refractivity contribution >= 4 is 11.8 Å². The lowest BCUT2D eigenvalue weighted by Gasteiger charge is -2.39. The molecule has 2 rings (SSSR count). The highest BCUT2D eigenvalue weighted by Crippen LogP contribution is 2.46. The predicted molar refractivity (Wildman–Crippen MR) is 64.6 cm³/mol. The van der Waals surface area contributed by atoms with Crippen LogP contribution in [-0.2, 0) is 9.59 Å². The number of likely N-dealkylation sites (tertiary alicyclic amines) is 1. The van der Waals surface area contributed by atoms with Crippen molar-refractivity contribution in [3.8, 4) is 0 Å². The van der Waals surface area contributed by atoms with E-state index in [2.05, 4.69) is 0 Å². The average Bonchev–Trinajstić information content (AvgIpc) is 2.72. The standard InChI is InChI=1S/C13H21NO4/c1-12(18,9-15)8-14-10(16)6-13(7-11(14)17)4-2-3-5-13/h15,18H,2-9H2,1H3. The van der Waals surface area contributed by atoms with E-state index in [9.17, 15) is 14.7 Å². The molecule has 1 aliphatic heterocycles. The Kier molecular flexibility index (Phi) is 3.47. The third kappa shape index (κ3) is 2.57. The molecular weight excluding hydrogens is 234 g/mol. The zero-order valence-corrected chi connectivity index (χ0v) is 10.8. The normalized spacial score (nSPS) is 26.7. The van der Waals surface area contributed by atoms with Crippen LogP contribution in [0.25, 0.3) is 0 Å². The van der Waals surface area contributed by atoms with E-state index in [0.717, 1.165) is 30.6 Å². The first-order valence-corrected chi connectivity index (χ1v) is 6.54. The first-order valence-electron chi connectivity index (χ1n) is 6.54. The third-order valence-electron chi connectivity index (χ3n) is 4.16. The molecule has 0 bridgehead atoms. The second kappa shape index (κ2) is 4.63. The molecule has 1 aliphatic carbocycles. The van der Waals surface area contributed by atoms with Crippen LogP contribution in [0.2, 0.25) is 0 Å². The molecule has 1 saturated carbocycles. The van der Waals surface area contributed by atoms with E-state index in [0.29, 0.717) is 12.8 Å². The summed E-state index contributed by atoms with van der Waals surface area (Å²) < 4.78 is 0. The number of β-amino-alcohol motifs (C(OH)–C–C–N with tert-alkyl or cyclic N) is 1. The van der Waals surface area contributed by atoms with Crippen LogP contribution < -0.4 is 0 Å². The molecule has 102 valence electrons. The molecule has 0 radical (unpaired) electrons. The van der Waals surface area contributed by atoms with Gasteiger partial charge in [-0.15, -0.1) is 0 Å². The third-order valence-corrected chi connectivity index (χ3v) is 4.16. The number of aliphatic hydroxyl groups is 2. The van der Waals surface area contributed by atoms with Gasteiger partial charge in [-0.2, -0.15) is 0 Å². The summed E-state index contributed by atoms with van der Waals surface area (Å²) in [6, 6.07) is 0. The summed E-state index contributed by atoms with van der Waals surface area (Å²) in [7, 11) is 0. The van der Waals surface area contributed by atoms with Crippen molar-refractivity contribution in [3.05, 3.63) is 0 Å². The van der Waals surface area contributed by atoms with Gasteiger partial charge < -0.3 is 10.2 Å². The largest absolute Gasteiger partial charge is 0.393 e. The van der Waals surface area contributed by atoms with Gasteiger partial charge >= 0.3 is 0 Å². The number of hydrogen-bond donors (Lipinski definition) is 2. The number of nitrogens with zero attached hydrogens (tertiary/aromatic N) is 1. The number of hydrogen-bond acceptors (Lipinski definition) is 4. The van der Waals surface area contributed by atoms with E-state index < -0.39 is 12.2 Å². The van der Waals surface area contributed by atoms with Crippen LogP contribution in [0.5, 0.6) is 0 Å². The molecule has 2 fully saturated rings. The molecule has 0 aromatic rings. The second-order valence-corrected chi connectivity index (χ2v) is 6.09. The van der Waals surface area contributed by atoms with E-state index in [1.165, 1.54) is 6.92 Å². The number of carbonyl (C=O) groups excluding carboxylic acids is 2. The van der Waals surface area contributed by atoms with Gasteiger partial charge in [0.2, 0.25) is 11.8 Å². The van der Waals surface area contributed by atoms with Gasteiger partial charge in [0, 0.05) is 12.8 Å². The molecule has 2 amide bonds. The predicted octanol–water partition coefficient (Wildman–Crippen LogP) is 0.439. The Bertz CT molecular complexity index is 338. The highest BCUT2D eigenvalue weighted by atomic mass is 16.3. The topological polar surface area (TPSA) is 77.8 Å². The minimum absolute atomic E-state index is 0.114. The molecule has 5 nitrogen and oxygen atoms in total. The molecule has 0 aromatic heterocycles. The minimum Gasteiger partial charge on any atom is -0.393 e. The van der Waals surface area contributed by atoms with E-state index in [-0.39, 0.29) is 23.8 Å². The maximum absolute atomic E-state index is 12.1. The van der Waals surface area contributed by atoms with E-state index >= 15 is 0 Å². The number of carbonyl (C=O) groups is 2. The summed E-state index contributed by atoms with van der Waals surface area (Å²) in [6.45, 7) is 0.847. The van der Waals surface area contributed by atoms with Crippen LogP contribution in [0.1, 0.15) is 45.4 Å². The zero-order valence-electron chi connectivity index (χ0n) is 10.8. The Hall–Kier alpha value is -0.940. The number of imide groups is 1. The van der Waals surface area contributed by atoms with Crippen molar-refractivity contribution in [3.63, 3.8) is 0 Å². The van der Waals surface area contributed by atoms with Crippen molar-refractivity contribution in [1.82, 2.24) is 4.90 Å². The smallest absolute Gasteiger partial charge is 0.229 e. The van der Waals surface area contributed by atoms with Gasteiger partial charge in [0.1, 0.15) is 5.60 Å². The number of rotatable bonds is 3. The van der Waals surface area contributed by atoms with Gasteiger partial charge in [-0.3, -0.25) is 14.5 Å². The summed E-state index contributed by atoms with van der Waals surface area (Å²) in [5, 5.41) is 18.8. The fourth-order valence-corrected chi connectivity index (χ4v) is 3.08. The molecule has 18 heavy (non-hydrogen) atoms. The summed E-state index contributed by atoms with van der Waals surface area (Å²) in [4.78, 5) is 25.3. The zero-order chi connectivity index (χ0) is 13.4. The highest BCUT2D eigenvalue weighted by molar-refractivity contribution is 5.98. The summed E-state index contributed by atoms with van der Waals surface area (Å²) in [5.41, 5.74) is -1.53. The molecule has 5 heteroatoms. The Morgan fingerprint density at radius 3 is 2.17 bits per heavy atom. The minimum atomic E-state index is -1.41. The van der Waals surface area contributed by atoms with E-state index in [4.69, 9.17) is 5.11 Å². The van der Waals surface area contributed by atoms with Crippen LogP contribution in [0.4, 0.5) is 0 Å². The lowest BCUT2D eigenvalue weighted by molar-refractivity contribution is -0.158. The van der Waals surface area contributed by atoms with Gasteiger partial charge in [0.05, 0.1) is 13.2 Å². The monoisotopic (exact) mass is 255 g/mol. The average molecular weight is 255 g/mol. The van der Waals surface area contributed by atoms with Crippen molar-refractivity contribution in [2.75, 3.05) is 13.2 Å². The first kappa shape index (κ1) is 13.5. The molecule has 2 N–H and O–H groups in total. The maximum atomic E-state index is 12.1. The van der Waals surface area contributed by atoms with Crippen LogP contribution in [0, 0.1) is 5.41 Å². The van der Waals surface area contributed by atoms with E-state index in [1.807, 2.05) is 0 Å². The van der Waals surface area contributed by atoms with Gasteiger partial charge in [-0.25, -0.2) is 0 Å². The molecule has 2 aliphatic rings. The lowest BCUT2D eigenvalue weighted by Crippen LogP contribution is -2.53. The SMILES string of the molecule is CC(O)(CO)CN1C(=O)CC2(CCCC2)CC1=O. The summed E-state index contributed by atoms with van der Waals surface area (Å²) in [5.74, 6) is -0.413. The van der Waals surface area contributed by atoms with Gasteiger partial charge in [0.25, 0.3) is 0 Å². The van der Waals surface area contributed by atoms with Crippen LogP contribution >= 0.6 is 0 Å². The Labute approximate surface area is 107 Å². The Balaban J connectivity index is 2.07. The van der Waals surface area contributed by atoms with Crippen LogP contribution in [-0.4, -0.2) is 45.7 Å². The van der Waals surface area contributed by atoms with Crippen LogP contribution in [0.15, 0.2) is 0 Å². The van der Waals surface area contributed by atoms with Gasteiger partial charge in [-0.05, 0) is 25.2 Å². The fourth-order valence-electron chi connectivity index (χ4n) is 3.08. The first-order chi connectivity index (χ1) is 8.37. The fraction of sp³-hybridized carbons (Fsp3) is 0.846.